The Labute approximate surface area is 151 Å². The molecule has 2 N–H and O–H groups in total. The Balaban J connectivity index is 1.71. The predicted octanol–water partition coefficient (Wildman–Crippen LogP) is 3.81. The van der Waals surface area contributed by atoms with E-state index in [9.17, 15) is 13.6 Å². The molecule has 0 spiro atoms. The van der Waals surface area contributed by atoms with E-state index in [1.807, 2.05) is 30.3 Å². The van der Waals surface area contributed by atoms with Gasteiger partial charge in [-0.3, -0.25) is 0 Å². The van der Waals surface area contributed by atoms with Gasteiger partial charge < -0.3 is 15.4 Å². The minimum Gasteiger partial charge on any atom is -0.445 e. The molecule has 138 valence electrons. The van der Waals surface area contributed by atoms with Gasteiger partial charge in [-0.05, 0) is 30.0 Å². The van der Waals surface area contributed by atoms with E-state index in [-0.39, 0.29) is 30.7 Å². The highest BCUT2D eigenvalue weighted by atomic mass is 19.2. The number of carbonyl (C=O) groups is 1. The number of hydrogen-bond acceptors (Lipinski definition) is 3. The molecule has 0 radical (unpaired) electrons. The van der Waals surface area contributed by atoms with Crippen molar-refractivity contribution >= 4 is 6.09 Å². The summed E-state index contributed by atoms with van der Waals surface area (Å²) in [5, 5.41) is 0. The average molecular weight is 360 g/mol. The Hall–Kier alpha value is -2.47. The van der Waals surface area contributed by atoms with Crippen LogP contribution in [0.3, 0.4) is 0 Å². The van der Waals surface area contributed by atoms with E-state index in [1.165, 1.54) is 11.0 Å². The van der Waals surface area contributed by atoms with Crippen molar-refractivity contribution in [3.8, 4) is 0 Å². The molecule has 1 aliphatic rings. The fourth-order valence-corrected chi connectivity index (χ4v) is 3.27. The molecule has 6 heteroatoms. The fourth-order valence-electron chi connectivity index (χ4n) is 3.27. The summed E-state index contributed by atoms with van der Waals surface area (Å²) in [6.07, 6.45) is 0.723. The van der Waals surface area contributed by atoms with E-state index in [2.05, 4.69) is 0 Å². The van der Waals surface area contributed by atoms with Gasteiger partial charge in [0.05, 0.1) is 0 Å². The minimum absolute atomic E-state index is 0.157. The van der Waals surface area contributed by atoms with Crippen LogP contribution in [0.5, 0.6) is 0 Å². The van der Waals surface area contributed by atoms with Gasteiger partial charge in [-0.1, -0.05) is 42.5 Å². The molecule has 2 atom stereocenters. The van der Waals surface area contributed by atoms with Crippen LogP contribution < -0.4 is 5.73 Å². The van der Waals surface area contributed by atoms with E-state index >= 15 is 0 Å². The maximum absolute atomic E-state index is 14.2. The first-order valence-corrected chi connectivity index (χ1v) is 8.69. The zero-order valence-corrected chi connectivity index (χ0v) is 14.4. The lowest BCUT2D eigenvalue weighted by atomic mass is 9.93. The fraction of sp³-hybridized carbons (Fsp3) is 0.350. The van der Waals surface area contributed by atoms with Crippen LogP contribution in [-0.2, 0) is 11.3 Å². The van der Waals surface area contributed by atoms with Crippen LogP contribution in [0.4, 0.5) is 13.6 Å². The maximum Gasteiger partial charge on any atom is 0.410 e. The highest BCUT2D eigenvalue weighted by Crippen LogP contribution is 2.29. The third kappa shape index (κ3) is 4.38. The normalized spacial score (nSPS) is 20.5. The topological polar surface area (TPSA) is 55.6 Å². The van der Waals surface area contributed by atoms with Crippen LogP contribution >= 0.6 is 0 Å². The number of nitrogens with two attached hydrogens (primary N) is 1. The Kier molecular flexibility index (Phi) is 5.83. The molecule has 0 saturated carbocycles. The molecule has 2 aromatic rings. The molecular formula is C20H22F2N2O2. The largest absolute Gasteiger partial charge is 0.445 e. The first-order chi connectivity index (χ1) is 12.5. The molecule has 2 unspecified atom stereocenters. The van der Waals surface area contributed by atoms with Crippen LogP contribution in [0.15, 0.2) is 48.5 Å². The molecular weight excluding hydrogens is 338 g/mol. The Morgan fingerprint density at radius 2 is 1.85 bits per heavy atom. The zero-order valence-electron chi connectivity index (χ0n) is 14.4. The van der Waals surface area contributed by atoms with Crippen molar-refractivity contribution in [3.05, 3.63) is 71.3 Å². The number of carbonyl (C=O) groups excluding carboxylic acids is 1. The van der Waals surface area contributed by atoms with Crippen molar-refractivity contribution < 1.29 is 18.3 Å². The summed E-state index contributed by atoms with van der Waals surface area (Å²) < 4.78 is 33.1. The van der Waals surface area contributed by atoms with Crippen molar-refractivity contribution in [1.29, 1.82) is 0 Å². The smallest absolute Gasteiger partial charge is 0.410 e. The van der Waals surface area contributed by atoms with Gasteiger partial charge in [0.15, 0.2) is 11.6 Å². The monoisotopic (exact) mass is 360 g/mol. The lowest BCUT2D eigenvalue weighted by Crippen LogP contribution is -2.40. The second-order valence-corrected chi connectivity index (χ2v) is 6.62. The second-order valence-electron chi connectivity index (χ2n) is 6.62. The number of benzene rings is 2. The summed E-state index contributed by atoms with van der Waals surface area (Å²) in [7, 11) is 0. The van der Waals surface area contributed by atoms with Crippen molar-refractivity contribution in [2.75, 3.05) is 13.1 Å². The van der Waals surface area contributed by atoms with Gasteiger partial charge in [-0.15, -0.1) is 0 Å². The highest BCUT2D eigenvalue weighted by Gasteiger charge is 2.29. The molecule has 1 fully saturated rings. The number of likely N-dealkylation sites (tertiary alicyclic amines) is 1. The van der Waals surface area contributed by atoms with Gasteiger partial charge in [0.2, 0.25) is 0 Å². The van der Waals surface area contributed by atoms with Crippen molar-refractivity contribution in [1.82, 2.24) is 4.90 Å². The molecule has 1 aliphatic heterocycles. The third-order valence-corrected chi connectivity index (χ3v) is 4.67. The summed E-state index contributed by atoms with van der Waals surface area (Å²) in [4.78, 5) is 14.0. The third-order valence-electron chi connectivity index (χ3n) is 4.67. The van der Waals surface area contributed by atoms with Crippen LogP contribution in [0.25, 0.3) is 0 Å². The summed E-state index contributed by atoms with van der Waals surface area (Å²) in [5.74, 6) is -2.05. The standard InChI is InChI=1S/C20H22F2N2O2/c21-18-8-4-7-17(19(18)22)15-9-10-16(23)12-24(11-15)20(25)26-13-14-5-2-1-3-6-14/h1-8,15-16H,9-13,23H2. The SMILES string of the molecule is NC1CCC(c2cccc(F)c2F)CN(C(=O)OCc2ccccc2)C1. The van der Waals surface area contributed by atoms with Crippen LogP contribution in [0, 0.1) is 11.6 Å². The van der Waals surface area contributed by atoms with Gasteiger partial charge >= 0.3 is 6.09 Å². The lowest BCUT2D eigenvalue weighted by molar-refractivity contribution is 0.0944. The van der Waals surface area contributed by atoms with Crippen LogP contribution in [0.2, 0.25) is 0 Å². The molecule has 4 nitrogen and oxygen atoms in total. The molecule has 3 rings (SSSR count). The average Bonchev–Trinajstić information content (AvgIpc) is 2.85. The molecule has 26 heavy (non-hydrogen) atoms. The lowest BCUT2D eigenvalue weighted by Gasteiger charge is -2.25. The van der Waals surface area contributed by atoms with E-state index in [0.717, 1.165) is 11.6 Å². The quantitative estimate of drug-likeness (QED) is 0.906. The zero-order chi connectivity index (χ0) is 18.5. The maximum atomic E-state index is 14.2. The molecule has 2 aromatic carbocycles. The molecule has 0 bridgehead atoms. The Morgan fingerprint density at radius 3 is 2.62 bits per heavy atom. The van der Waals surface area contributed by atoms with Gasteiger partial charge in [0.1, 0.15) is 6.61 Å². The summed E-state index contributed by atoms with van der Waals surface area (Å²) in [5.41, 5.74) is 7.22. The minimum atomic E-state index is -0.880. The Morgan fingerprint density at radius 1 is 1.08 bits per heavy atom. The van der Waals surface area contributed by atoms with Gasteiger partial charge in [0, 0.05) is 25.0 Å². The van der Waals surface area contributed by atoms with Crippen LogP contribution in [-0.4, -0.2) is 30.1 Å². The summed E-state index contributed by atoms with van der Waals surface area (Å²) >= 11 is 0. The molecule has 1 heterocycles. The van der Waals surface area contributed by atoms with Gasteiger partial charge in [-0.25, -0.2) is 13.6 Å². The number of halogens is 2. The number of hydrogen-bond donors (Lipinski definition) is 1. The van der Waals surface area contributed by atoms with E-state index in [1.54, 1.807) is 6.07 Å². The Bertz CT molecular complexity index is 755. The highest BCUT2D eigenvalue weighted by molar-refractivity contribution is 5.68. The van der Waals surface area contributed by atoms with Crippen LogP contribution in [0.1, 0.15) is 29.9 Å². The van der Waals surface area contributed by atoms with E-state index in [0.29, 0.717) is 19.4 Å². The van der Waals surface area contributed by atoms with Crippen molar-refractivity contribution in [2.45, 2.75) is 31.4 Å². The molecule has 1 saturated heterocycles. The first-order valence-electron chi connectivity index (χ1n) is 8.69. The first kappa shape index (κ1) is 18.3. The van der Waals surface area contributed by atoms with Gasteiger partial charge in [0.25, 0.3) is 0 Å². The molecule has 0 aliphatic carbocycles. The predicted molar refractivity (Wildman–Crippen MR) is 94.5 cm³/mol. The summed E-state index contributed by atoms with van der Waals surface area (Å²) in [6.45, 7) is 0.743. The number of amides is 1. The van der Waals surface area contributed by atoms with Gasteiger partial charge in [-0.2, -0.15) is 0 Å². The molecule has 0 aromatic heterocycles. The van der Waals surface area contributed by atoms with Crippen molar-refractivity contribution in [3.63, 3.8) is 0 Å². The number of ether oxygens (including phenoxy) is 1. The number of nitrogens with zero attached hydrogens (tertiary/aromatic N) is 1. The second kappa shape index (κ2) is 8.27. The van der Waals surface area contributed by atoms with Crippen molar-refractivity contribution in [2.24, 2.45) is 5.73 Å². The summed E-state index contributed by atoms with van der Waals surface area (Å²) in [6, 6.07) is 13.3. The van der Waals surface area contributed by atoms with E-state index in [4.69, 9.17) is 10.5 Å². The van der Waals surface area contributed by atoms with E-state index < -0.39 is 17.7 Å². The number of rotatable bonds is 3. The molecule has 1 amide bonds.